The molecule has 0 bridgehead atoms. The fraction of sp³-hybridized carbons (Fsp3) is 0.300. The molecule has 0 saturated carbocycles. The number of carbonyl (C=O) groups is 1. The molecule has 0 radical (unpaired) electrons. The number of fused-ring (bicyclic) bond motifs is 1. The van der Waals surface area contributed by atoms with Gasteiger partial charge in [-0.2, -0.15) is 0 Å². The summed E-state index contributed by atoms with van der Waals surface area (Å²) in [6.07, 6.45) is 3.07. The van der Waals surface area contributed by atoms with Crippen LogP contribution in [-0.4, -0.2) is 32.1 Å². The second-order valence-corrected chi connectivity index (χ2v) is 4.12. The summed E-state index contributed by atoms with van der Waals surface area (Å²) in [6, 6.07) is 1.57. The van der Waals surface area contributed by atoms with Gasteiger partial charge in [0.05, 0.1) is 18.4 Å². The van der Waals surface area contributed by atoms with E-state index in [9.17, 15) is 4.79 Å². The molecule has 7 heteroatoms. The predicted octanol–water partition coefficient (Wildman–Crippen LogP) is 1.18. The van der Waals surface area contributed by atoms with Crippen LogP contribution in [0.3, 0.4) is 0 Å². The molecule has 3 heterocycles. The van der Waals surface area contributed by atoms with Gasteiger partial charge in [0.1, 0.15) is 6.33 Å². The number of rotatable bonds is 1. The second-order valence-electron chi connectivity index (χ2n) is 3.78. The number of amides is 1. The first-order valence-corrected chi connectivity index (χ1v) is 5.52. The molecule has 2 aromatic heterocycles. The Morgan fingerprint density at radius 1 is 1.47 bits per heavy atom. The summed E-state index contributed by atoms with van der Waals surface area (Å²) in [7, 11) is 0. The van der Waals surface area contributed by atoms with Gasteiger partial charge in [-0.3, -0.25) is 4.79 Å². The van der Waals surface area contributed by atoms with E-state index in [0.29, 0.717) is 25.2 Å². The Balaban J connectivity index is 1.84. The minimum atomic E-state index is -0.141. The van der Waals surface area contributed by atoms with E-state index in [2.05, 4.69) is 10.2 Å². The first-order chi connectivity index (χ1) is 8.25. The van der Waals surface area contributed by atoms with Crippen molar-refractivity contribution in [2.75, 3.05) is 6.54 Å². The largest absolute Gasteiger partial charge is 0.452 e. The zero-order chi connectivity index (χ0) is 11.8. The van der Waals surface area contributed by atoms with E-state index in [4.69, 9.17) is 16.0 Å². The molecule has 2 aromatic rings. The fourth-order valence-corrected chi connectivity index (χ4v) is 2.05. The van der Waals surface area contributed by atoms with Crippen molar-refractivity contribution in [3.05, 3.63) is 35.3 Å². The van der Waals surface area contributed by atoms with Gasteiger partial charge in [-0.15, -0.1) is 10.2 Å². The third kappa shape index (κ3) is 1.70. The zero-order valence-corrected chi connectivity index (χ0v) is 9.59. The molecule has 0 atom stereocenters. The molecule has 1 aliphatic rings. The van der Waals surface area contributed by atoms with Crippen molar-refractivity contribution in [2.24, 2.45) is 0 Å². The summed E-state index contributed by atoms with van der Waals surface area (Å²) in [5.74, 6) is 0.641. The van der Waals surface area contributed by atoms with Gasteiger partial charge in [-0.25, -0.2) is 0 Å². The van der Waals surface area contributed by atoms with Crippen LogP contribution >= 0.6 is 11.6 Å². The lowest BCUT2D eigenvalue weighted by atomic mass is 10.2. The highest BCUT2D eigenvalue weighted by Crippen LogP contribution is 2.20. The summed E-state index contributed by atoms with van der Waals surface area (Å²) < 4.78 is 6.85. The lowest BCUT2D eigenvalue weighted by molar-refractivity contribution is 0.0707. The van der Waals surface area contributed by atoms with Gasteiger partial charge in [0, 0.05) is 13.1 Å². The molecule has 6 nitrogen and oxygen atoms in total. The highest BCUT2D eigenvalue weighted by Gasteiger charge is 2.25. The summed E-state index contributed by atoms with van der Waals surface area (Å²) in [5, 5.41) is 7.89. The van der Waals surface area contributed by atoms with Gasteiger partial charge >= 0.3 is 0 Å². The number of nitrogens with zero attached hydrogens (tertiary/aromatic N) is 4. The molecule has 3 rings (SSSR count). The van der Waals surface area contributed by atoms with Crippen molar-refractivity contribution in [1.29, 1.82) is 0 Å². The number of halogens is 1. The predicted molar refractivity (Wildman–Crippen MR) is 58.5 cm³/mol. The standard InChI is InChI=1S/C10H9ClN4O2/c11-9-7(1-4-17-9)10(16)14-2-3-15-6-12-13-8(15)5-14/h1,4,6H,2-3,5H2. The quantitative estimate of drug-likeness (QED) is 0.765. The molecule has 0 N–H and O–H groups in total. The third-order valence-electron chi connectivity index (χ3n) is 2.77. The molecular weight excluding hydrogens is 244 g/mol. The van der Waals surface area contributed by atoms with E-state index >= 15 is 0 Å². The molecule has 0 spiro atoms. The molecule has 0 saturated heterocycles. The minimum Gasteiger partial charge on any atom is -0.452 e. The average Bonchev–Trinajstić information content (AvgIpc) is 2.95. The van der Waals surface area contributed by atoms with Crippen molar-refractivity contribution in [3.63, 3.8) is 0 Å². The van der Waals surface area contributed by atoms with Gasteiger partial charge in [0.15, 0.2) is 5.82 Å². The maximum Gasteiger partial charge on any atom is 0.259 e. The van der Waals surface area contributed by atoms with Crippen molar-refractivity contribution >= 4 is 17.5 Å². The van der Waals surface area contributed by atoms with Crippen LogP contribution in [0.4, 0.5) is 0 Å². The maximum absolute atomic E-state index is 12.1. The van der Waals surface area contributed by atoms with Gasteiger partial charge in [0.25, 0.3) is 5.91 Å². The summed E-state index contributed by atoms with van der Waals surface area (Å²) >= 11 is 5.79. The molecule has 17 heavy (non-hydrogen) atoms. The molecule has 1 aliphatic heterocycles. The van der Waals surface area contributed by atoms with Crippen LogP contribution in [0.15, 0.2) is 23.1 Å². The van der Waals surface area contributed by atoms with Crippen molar-refractivity contribution in [3.8, 4) is 0 Å². The van der Waals surface area contributed by atoms with Gasteiger partial charge in [0.2, 0.25) is 5.22 Å². The number of carbonyl (C=O) groups excluding carboxylic acids is 1. The molecule has 0 aliphatic carbocycles. The molecule has 0 unspecified atom stereocenters. The average molecular weight is 253 g/mol. The van der Waals surface area contributed by atoms with Crippen LogP contribution < -0.4 is 0 Å². The van der Waals surface area contributed by atoms with Crippen molar-refractivity contribution < 1.29 is 9.21 Å². The van der Waals surface area contributed by atoms with Crippen molar-refractivity contribution in [2.45, 2.75) is 13.1 Å². The smallest absolute Gasteiger partial charge is 0.259 e. The summed E-state index contributed by atoms with van der Waals surface area (Å²) in [4.78, 5) is 13.8. The first kappa shape index (κ1) is 10.3. The van der Waals surface area contributed by atoms with Crippen LogP contribution in [0.25, 0.3) is 0 Å². The highest BCUT2D eigenvalue weighted by molar-refractivity contribution is 6.32. The monoisotopic (exact) mass is 252 g/mol. The topological polar surface area (TPSA) is 64.2 Å². The molecular formula is C10H9ClN4O2. The lowest BCUT2D eigenvalue weighted by Gasteiger charge is -2.26. The Bertz CT molecular complexity index is 562. The minimum absolute atomic E-state index is 0.127. The van der Waals surface area contributed by atoms with Gasteiger partial charge < -0.3 is 13.9 Å². The van der Waals surface area contributed by atoms with Crippen LogP contribution in [-0.2, 0) is 13.1 Å². The second kappa shape index (κ2) is 3.89. The van der Waals surface area contributed by atoms with E-state index in [1.54, 1.807) is 17.3 Å². The Kier molecular flexibility index (Phi) is 2.36. The molecule has 0 fully saturated rings. The van der Waals surface area contributed by atoms with Crippen molar-refractivity contribution in [1.82, 2.24) is 19.7 Å². The van der Waals surface area contributed by atoms with E-state index in [1.165, 1.54) is 6.26 Å². The first-order valence-electron chi connectivity index (χ1n) is 5.14. The summed E-state index contributed by atoms with van der Waals surface area (Å²) in [5.41, 5.74) is 0.389. The Morgan fingerprint density at radius 3 is 3.12 bits per heavy atom. The normalized spacial score (nSPS) is 14.8. The van der Waals surface area contributed by atoms with Gasteiger partial charge in [-0.1, -0.05) is 0 Å². The molecule has 1 amide bonds. The van der Waals surface area contributed by atoms with E-state index < -0.39 is 0 Å². The molecule has 88 valence electrons. The molecule has 0 aromatic carbocycles. The van der Waals surface area contributed by atoms with Gasteiger partial charge in [-0.05, 0) is 17.7 Å². The fourth-order valence-electron chi connectivity index (χ4n) is 1.86. The van der Waals surface area contributed by atoms with E-state index in [-0.39, 0.29) is 11.1 Å². The zero-order valence-electron chi connectivity index (χ0n) is 8.84. The van der Waals surface area contributed by atoms with E-state index in [1.807, 2.05) is 4.57 Å². The number of aromatic nitrogens is 3. The van der Waals surface area contributed by atoms with E-state index in [0.717, 1.165) is 5.82 Å². The van der Waals surface area contributed by atoms with Crippen LogP contribution in [0, 0.1) is 0 Å². The Morgan fingerprint density at radius 2 is 2.35 bits per heavy atom. The lowest BCUT2D eigenvalue weighted by Crippen LogP contribution is -2.38. The van der Waals surface area contributed by atoms with Crippen LogP contribution in [0.1, 0.15) is 16.2 Å². The Labute approximate surface area is 102 Å². The SMILES string of the molecule is O=C(c1ccoc1Cl)N1CCn2cnnc2C1. The maximum atomic E-state index is 12.1. The number of hydrogen-bond acceptors (Lipinski definition) is 4. The Hall–Kier alpha value is -1.82. The third-order valence-corrected chi connectivity index (χ3v) is 3.07. The number of hydrogen-bond donors (Lipinski definition) is 0. The highest BCUT2D eigenvalue weighted by atomic mass is 35.5. The number of furan rings is 1. The van der Waals surface area contributed by atoms with Crippen LogP contribution in [0.5, 0.6) is 0 Å². The van der Waals surface area contributed by atoms with Crippen LogP contribution in [0.2, 0.25) is 5.22 Å². The summed E-state index contributed by atoms with van der Waals surface area (Å²) in [6.45, 7) is 1.76.